The van der Waals surface area contributed by atoms with Crippen molar-refractivity contribution in [3.8, 4) is 11.5 Å². The van der Waals surface area contributed by atoms with Crippen molar-refractivity contribution in [2.75, 3.05) is 0 Å². The van der Waals surface area contributed by atoms with Gasteiger partial charge in [0, 0.05) is 40.3 Å². The van der Waals surface area contributed by atoms with Crippen LogP contribution in [0.1, 0.15) is 34.7 Å². The van der Waals surface area contributed by atoms with Gasteiger partial charge in [-0.05, 0) is 41.6 Å². The van der Waals surface area contributed by atoms with Gasteiger partial charge in [-0.3, -0.25) is 20.2 Å². The molecule has 0 aliphatic carbocycles. The number of halogens is 1. The molecule has 0 bridgehead atoms. The van der Waals surface area contributed by atoms with Gasteiger partial charge in [0.1, 0.15) is 18.1 Å². The van der Waals surface area contributed by atoms with E-state index in [4.69, 9.17) is 26.2 Å². The van der Waals surface area contributed by atoms with Gasteiger partial charge in [-0.25, -0.2) is 5.01 Å². The lowest BCUT2D eigenvalue weighted by Crippen LogP contribution is -2.61. The van der Waals surface area contributed by atoms with Gasteiger partial charge in [0.2, 0.25) is 0 Å². The van der Waals surface area contributed by atoms with E-state index in [1.54, 1.807) is 23.2 Å². The Labute approximate surface area is 255 Å². The number of nitro benzene ring substituents is 1. The fourth-order valence-corrected chi connectivity index (χ4v) is 6.57. The third-order valence-corrected chi connectivity index (χ3v) is 8.79. The van der Waals surface area contributed by atoms with Gasteiger partial charge in [0.05, 0.1) is 21.6 Å². The van der Waals surface area contributed by atoms with Crippen molar-refractivity contribution in [3.05, 3.63) is 139 Å². The number of carbonyl (C=O) groups excluding carboxylic acids is 1. The monoisotopic (exact) mass is 610 g/mol. The van der Waals surface area contributed by atoms with E-state index in [1.165, 1.54) is 12.1 Å². The molecule has 1 N–H and O–H groups in total. The lowest BCUT2D eigenvalue weighted by Gasteiger charge is -2.45. The number of rotatable bonds is 6. The van der Waals surface area contributed by atoms with E-state index in [-0.39, 0.29) is 23.6 Å². The predicted molar refractivity (Wildman–Crippen MR) is 165 cm³/mol. The van der Waals surface area contributed by atoms with E-state index >= 15 is 0 Å². The van der Waals surface area contributed by atoms with Gasteiger partial charge in [0.25, 0.3) is 10.9 Å². The molecule has 43 heavy (non-hydrogen) atoms. The number of para-hydroxylation sites is 1. The van der Waals surface area contributed by atoms with Crippen LogP contribution in [0.4, 0.5) is 10.5 Å². The van der Waals surface area contributed by atoms with Gasteiger partial charge >= 0.3 is 5.85 Å². The molecule has 1 fully saturated rings. The molecule has 11 heteroatoms. The Hall–Kier alpha value is -4.80. The Kier molecular flexibility index (Phi) is 6.79. The lowest BCUT2D eigenvalue weighted by atomic mass is 9.95. The number of fused-ring (bicyclic) bond motifs is 4. The summed E-state index contributed by atoms with van der Waals surface area (Å²) in [5.74, 6) is -0.464. The second-order valence-electron chi connectivity index (χ2n) is 10.1. The van der Waals surface area contributed by atoms with Gasteiger partial charge in [-0.15, -0.1) is 0 Å². The molecule has 3 aliphatic rings. The summed E-state index contributed by atoms with van der Waals surface area (Å²) in [6.45, 7) is 0.145. The minimum atomic E-state index is -1.47. The molecule has 7 rings (SSSR count). The largest absolute Gasteiger partial charge is 0.488 e. The zero-order valence-electron chi connectivity index (χ0n) is 22.5. The van der Waals surface area contributed by atoms with Crippen LogP contribution in [0, 0.1) is 10.1 Å². The first kappa shape index (κ1) is 27.1. The summed E-state index contributed by atoms with van der Waals surface area (Å²) in [6.07, 6.45) is 2.29. The highest BCUT2D eigenvalue weighted by molar-refractivity contribution is 8.17. The molecule has 1 amide bonds. The number of benzene rings is 4. The maximum absolute atomic E-state index is 13.1. The average molecular weight is 611 g/mol. The standard InChI is InChI=1S/C32H23ClN4O5S/c33-25-12-6-4-10-21(25)19-41-28-15-14-23(37(39)40)16-22(28)17-30-32(34-31(38)43-30)36-27(24-11-5-7-13-29(24)42-32)18-26(35-36)20-8-2-1-3-9-20/h1-17,27H,18-19H2,(H,34,38)/b30-17-/t27-,32-/m0/s1. The Morgan fingerprint density at radius 3 is 2.67 bits per heavy atom. The molecule has 0 saturated carbocycles. The number of carbonyl (C=O) groups is 1. The van der Waals surface area contributed by atoms with Crippen molar-refractivity contribution < 1.29 is 19.2 Å². The number of hydrogen-bond donors (Lipinski definition) is 1. The maximum atomic E-state index is 13.1. The molecule has 0 aromatic heterocycles. The quantitative estimate of drug-likeness (QED) is 0.178. The molecule has 4 aromatic rings. The first-order valence-electron chi connectivity index (χ1n) is 13.5. The first-order chi connectivity index (χ1) is 20.9. The third-order valence-electron chi connectivity index (χ3n) is 7.52. The zero-order chi connectivity index (χ0) is 29.6. The smallest absolute Gasteiger partial charge is 0.314 e. The van der Waals surface area contributed by atoms with Crippen LogP contribution >= 0.6 is 23.4 Å². The molecule has 1 spiro atoms. The van der Waals surface area contributed by atoms with Crippen LogP contribution in [0.15, 0.2) is 107 Å². The van der Waals surface area contributed by atoms with Gasteiger partial charge in [-0.2, -0.15) is 5.10 Å². The van der Waals surface area contributed by atoms with Crippen molar-refractivity contribution >= 4 is 46.1 Å². The molecule has 9 nitrogen and oxygen atoms in total. The Morgan fingerprint density at radius 2 is 1.86 bits per heavy atom. The first-order valence-corrected chi connectivity index (χ1v) is 14.7. The maximum Gasteiger partial charge on any atom is 0.314 e. The third kappa shape index (κ3) is 4.88. The number of thioether (sulfide) groups is 1. The van der Waals surface area contributed by atoms with Crippen molar-refractivity contribution in [2.24, 2.45) is 5.10 Å². The molecule has 2 atom stereocenters. The topological polar surface area (TPSA) is 106 Å². The van der Waals surface area contributed by atoms with E-state index < -0.39 is 10.8 Å². The molecule has 0 unspecified atom stereocenters. The van der Waals surface area contributed by atoms with Crippen LogP contribution in [0.5, 0.6) is 11.5 Å². The lowest BCUT2D eigenvalue weighted by molar-refractivity contribution is -0.384. The van der Waals surface area contributed by atoms with E-state index in [0.29, 0.717) is 33.4 Å². The Morgan fingerprint density at radius 1 is 1.09 bits per heavy atom. The van der Waals surface area contributed by atoms with Crippen LogP contribution in [0.2, 0.25) is 5.02 Å². The van der Waals surface area contributed by atoms with Crippen LogP contribution in [0.25, 0.3) is 6.08 Å². The number of nitrogens with zero attached hydrogens (tertiary/aromatic N) is 3. The fraction of sp³-hybridized carbons (Fsp3) is 0.125. The Bertz CT molecular complexity index is 1830. The molecular weight excluding hydrogens is 588 g/mol. The second-order valence-corrected chi connectivity index (χ2v) is 11.6. The molecule has 0 radical (unpaired) electrons. The molecular formula is C32H23ClN4O5S. The summed E-state index contributed by atoms with van der Waals surface area (Å²) < 4.78 is 12.7. The van der Waals surface area contributed by atoms with Gasteiger partial charge in [-0.1, -0.05) is 78.3 Å². The van der Waals surface area contributed by atoms with Crippen molar-refractivity contribution in [3.63, 3.8) is 0 Å². The average Bonchev–Trinajstić information content (AvgIpc) is 3.60. The van der Waals surface area contributed by atoms with E-state index in [9.17, 15) is 14.9 Å². The number of amides is 1. The predicted octanol–water partition coefficient (Wildman–Crippen LogP) is 7.52. The van der Waals surface area contributed by atoms with Crippen molar-refractivity contribution in [1.29, 1.82) is 0 Å². The zero-order valence-corrected chi connectivity index (χ0v) is 24.0. The highest BCUT2D eigenvalue weighted by Gasteiger charge is 2.58. The number of hydrogen-bond acceptors (Lipinski definition) is 8. The van der Waals surface area contributed by atoms with Crippen LogP contribution in [-0.4, -0.2) is 26.7 Å². The van der Waals surface area contributed by atoms with Crippen LogP contribution in [0.3, 0.4) is 0 Å². The summed E-state index contributed by atoms with van der Waals surface area (Å²) in [5, 5.41) is 21.7. The van der Waals surface area contributed by atoms with Crippen LogP contribution < -0.4 is 14.8 Å². The normalized spacial score (nSPS) is 21.2. The van der Waals surface area contributed by atoms with Crippen LogP contribution in [-0.2, 0) is 6.61 Å². The number of hydrazone groups is 1. The molecule has 1 saturated heterocycles. The summed E-state index contributed by atoms with van der Waals surface area (Å²) in [4.78, 5) is 24.8. The number of non-ortho nitro benzene ring substituents is 1. The van der Waals surface area contributed by atoms with Crippen molar-refractivity contribution in [1.82, 2.24) is 10.3 Å². The summed E-state index contributed by atoms with van der Waals surface area (Å²) in [6, 6.07) is 29.0. The fourth-order valence-electron chi connectivity index (χ4n) is 5.48. The minimum absolute atomic E-state index is 0.119. The Balaban J connectivity index is 1.34. The molecule has 214 valence electrons. The summed E-state index contributed by atoms with van der Waals surface area (Å²) in [7, 11) is 0. The minimum Gasteiger partial charge on any atom is -0.488 e. The summed E-state index contributed by atoms with van der Waals surface area (Å²) >= 11 is 7.29. The van der Waals surface area contributed by atoms with E-state index in [1.807, 2.05) is 72.8 Å². The second kappa shape index (κ2) is 10.8. The van der Waals surface area contributed by atoms with E-state index in [0.717, 1.165) is 34.2 Å². The molecule has 3 aliphatic heterocycles. The SMILES string of the molecule is O=C1N[C@@]2(Oc3ccccc3[C@@H]3CC(c4ccccc4)=NN32)/C(=C/c2cc([N+](=O)[O-])ccc2OCc2ccccc2Cl)S1. The number of nitrogens with one attached hydrogen (secondary N) is 1. The highest BCUT2D eigenvalue weighted by atomic mass is 35.5. The van der Waals surface area contributed by atoms with Gasteiger partial charge < -0.3 is 9.47 Å². The van der Waals surface area contributed by atoms with E-state index in [2.05, 4.69) is 5.32 Å². The molecule has 3 heterocycles. The number of nitro groups is 1. The summed E-state index contributed by atoms with van der Waals surface area (Å²) in [5.41, 5.74) is 3.83. The van der Waals surface area contributed by atoms with Crippen molar-refractivity contribution in [2.45, 2.75) is 24.9 Å². The highest BCUT2D eigenvalue weighted by Crippen LogP contribution is 2.53. The number of ether oxygens (including phenoxy) is 2. The van der Waals surface area contributed by atoms with Gasteiger partial charge in [0.15, 0.2) is 0 Å². The molecule has 4 aromatic carbocycles.